The van der Waals surface area contributed by atoms with Gasteiger partial charge in [0.1, 0.15) is 6.61 Å². The van der Waals surface area contributed by atoms with E-state index >= 15 is 0 Å². The van der Waals surface area contributed by atoms with Gasteiger partial charge in [-0.2, -0.15) is 0 Å². The van der Waals surface area contributed by atoms with Crippen molar-refractivity contribution < 1.29 is 14.6 Å². The van der Waals surface area contributed by atoms with E-state index in [2.05, 4.69) is 53.5 Å². The highest BCUT2D eigenvalue weighted by Crippen LogP contribution is 2.45. The van der Waals surface area contributed by atoms with E-state index in [-0.39, 0.29) is 24.1 Å². The van der Waals surface area contributed by atoms with Crippen molar-refractivity contribution in [2.24, 2.45) is 0 Å². The van der Waals surface area contributed by atoms with Crippen LogP contribution >= 0.6 is 0 Å². The highest BCUT2D eigenvalue weighted by Gasteiger charge is 2.48. The van der Waals surface area contributed by atoms with Crippen molar-refractivity contribution in [3.63, 3.8) is 0 Å². The smallest absolute Gasteiger partial charge is 0.410 e. The largest absolute Gasteiger partial charge is 0.448 e. The monoisotopic (exact) mass is 454 g/mol. The molecule has 2 saturated heterocycles. The molecule has 2 atom stereocenters. The van der Waals surface area contributed by atoms with Crippen LogP contribution in [0, 0.1) is 0 Å². The summed E-state index contributed by atoms with van der Waals surface area (Å²) in [6, 6.07) is 20.8. The third-order valence-electron chi connectivity index (χ3n) is 7.92. The van der Waals surface area contributed by atoms with Gasteiger partial charge < -0.3 is 14.7 Å². The summed E-state index contributed by atoms with van der Waals surface area (Å²) in [5, 5.41) is 11.5. The second-order valence-corrected chi connectivity index (χ2v) is 10.1. The van der Waals surface area contributed by atoms with Crippen LogP contribution in [0.3, 0.4) is 0 Å². The van der Waals surface area contributed by atoms with Crippen LogP contribution in [0.5, 0.6) is 0 Å². The molecule has 2 unspecified atom stereocenters. The summed E-state index contributed by atoms with van der Waals surface area (Å²) in [4.78, 5) is 19.4. The van der Waals surface area contributed by atoms with E-state index in [0.717, 1.165) is 24.8 Å². The van der Waals surface area contributed by atoms with Gasteiger partial charge >= 0.3 is 6.09 Å². The van der Waals surface area contributed by atoms with Gasteiger partial charge in [-0.1, -0.05) is 48.5 Å². The lowest BCUT2D eigenvalue weighted by Gasteiger charge is -2.51. The lowest BCUT2D eigenvalue weighted by molar-refractivity contribution is -0.0840. The number of ether oxygens (including phenoxy) is 1. The quantitative estimate of drug-likeness (QED) is 0.579. The van der Waals surface area contributed by atoms with E-state index in [1.807, 2.05) is 17.0 Å². The van der Waals surface area contributed by atoms with Gasteiger partial charge in [-0.25, -0.2) is 4.79 Å². The van der Waals surface area contributed by atoms with Crippen molar-refractivity contribution in [2.75, 3.05) is 6.61 Å². The van der Waals surface area contributed by atoms with Gasteiger partial charge in [0.2, 0.25) is 0 Å². The molecule has 2 bridgehead atoms. The van der Waals surface area contributed by atoms with E-state index in [9.17, 15) is 9.90 Å². The van der Waals surface area contributed by atoms with Crippen LogP contribution in [0.1, 0.15) is 54.7 Å². The first kappa shape index (κ1) is 21.4. The molecule has 0 radical (unpaired) electrons. The van der Waals surface area contributed by atoms with E-state index < -0.39 is 5.60 Å². The molecule has 1 amide bonds. The van der Waals surface area contributed by atoms with E-state index in [0.29, 0.717) is 25.9 Å². The Bertz CT molecular complexity index is 1140. The van der Waals surface area contributed by atoms with Crippen LogP contribution < -0.4 is 0 Å². The maximum Gasteiger partial charge on any atom is 0.410 e. The number of pyridine rings is 1. The van der Waals surface area contributed by atoms with Crippen molar-refractivity contribution >= 4 is 6.09 Å². The maximum atomic E-state index is 13.4. The van der Waals surface area contributed by atoms with Crippen LogP contribution in [0.2, 0.25) is 0 Å². The highest BCUT2D eigenvalue weighted by molar-refractivity contribution is 5.79. The standard InChI is InChI=1S/C29H30N2O3/c32-28(34-19-27-25-10-3-1-8-23(25)24-9-2-4-11-26(24)27)31-21-6-5-7-22(31)18-29(33,17-21)16-20-12-14-30-15-13-20/h1-4,8-15,21-22,27,33H,5-7,16-19H2. The number of carbonyl (C=O) groups excluding carboxylic acids is 1. The Morgan fingerprint density at radius 1 is 0.941 bits per heavy atom. The number of hydrogen-bond acceptors (Lipinski definition) is 4. The second-order valence-electron chi connectivity index (χ2n) is 10.1. The van der Waals surface area contributed by atoms with Crippen LogP contribution in [0.15, 0.2) is 73.1 Å². The Labute approximate surface area is 200 Å². The number of benzene rings is 2. The summed E-state index contributed by atoms with van der Waals surface area (Å²) < 4.78 is 6.00. The fourth-order valence-corrected chi connectivity index (χ4v) is 6.52. The number of amides is 1. The number of aliphatic hydroxyl groups is 1. The molecule has 3 aromatic rings. The Kier molecular flexibility index (Phi) is 5.37. The molecule has 0 saturated carbocycles. The predicted molar refractivity (Wildman–Crippen MR) is 130 cm³/mol. The third kappa shape index (κ3) is 3.78. The predicted octanol–water partition coefficient (Wildman–Crippen LogP) is 5.32. The number of nitrogens with zero attached hydrogens (tertiary/aromatic N) is 2. The minimum absolute atomic E-state index is 0.0231. The Hall–Kier alpha value is -3.18. The van der Waals surface area contributed by atoms with E-state index in [1.165, 1.54) is 22.3 Å². The first-order valence-corrected chi connectivity index (χ1v) is 12.4. The summed E-state index contributed by atoms with van der Waals surface area (Å²) in [5.74, 6) is 0.0598. The Balaban J connectivity index is 1.17. The molecular weight excluding hydrogens is 424 g/mol. The van der Waals surface area contributed by atoms with Crippen LogP contribution in [0.4, 0.5) is 4.79 Å². The average molecular weight is 455 g/mol. The molecule has 1 aromatic heterocycles. The molecule has 3 aliphatic rings. The lowest BCUT2D eigenvalue weighted by Crippen LogP contribution is -2.60. The average Bonchev–Trinajstić information content (AvgIpc) is 3.16. The number of hydrogen-bond donors (Lipinski definition) is 1. The van der Waals surface area contributed by atoms with Gasteiger partial charge in [0.05, 0.1) is 5.60 Å². The summed E-state index contributed by atoms with van der Waals surface area (Å²) in [7, 11) is 0. The minimum Gasteiger partial charge on any atom is -0.448 e. The molecule has 5 nitrogen and oxygen atoms in total. The number of carbonyl (C=O) groups is 1. The normalized spacial score (nSPS) is 25.5. The highest BCUT2D eigenvalue weighted by atomic mass is 16.6. The number of piperidine rings is 2. The zero-order valence-electron chi connectivity index (χ0n) is 19.3. The molecule has 6 rings (SSSR count). The number of rotatable bonds is 4. The molecule has 2 aliphatic heterocycles. The summed E-state index contributed by atoms with van der Waals surface area (Å²) in [6.45, 7) is 0.337. The minimum atomic E-state index is -0.794. The maximum absolute atomic E-state index is 13.4. The third-order valence-corrected chi connectivity index (χ3v) is 7.92. The zero-order chi connectivity index (χ0) is 23.1. The van der Waals surface area contributed by atoms with Crippen molar-refractivity contribution in [1.82, 2.24) is 9.88 Å². The first-order chi connectivity index (χ1) is 16.6. The fraction of sp³-hybridized carbons (Fsp3) is 0.379. The zero-order valence-corrected chi connectivity index (χ0v) is 19.3. The molecule has 1 aliphatic carbocycles. The number of aromatic nitrogens is 1. The first-order valence-electron chi connectivity index (χ1n) is 12.4. The van der Waals surface area contributed by atoms with Crippen LogP contribution in [-0.4, -0.2) is 45.4 Å². The van der Waals surface area contributed by atoms with Crippen molar-refractivity contribution in [3.05, 3.63) is 89.7 Å². The van der Waals surface area contributed by atoms with Gasteiger partial charge in [0, 0.05) is 36.8 Å². The molecule has 34 heavy (non-hydrogen) atoms. The lowest BCUT2D eigenvalue weighted by atomic mass is 9.73. The number of fused-ring (bicyclic) bond motifs is 5. The second kappa shape index (κ2) is 8.55. The Morgan fingerprint density at radius 3 is 2.15 bits per heavy atom. The molecule has 2 fully saturated rings. The van der Waals surface area contributed by atoms with Gasteiger partial charge in [0.25, 0.3) is 0 Å². The molecular formula is C29H30N2O3. The topological polar surface area (TPSA) is 62.7 Å². The summed E-state index contributed by atoms with van der Waals surface area (Å²) >= 11 is 0. The summed E-state index contributed by atoms with van der Waals surface area (Å²) in [5.41, 5.74) is 5.21. The summed E-state index contributed by atoms with van der Waals surface area (Å²) in [6.07, 6.45) is 8.01. The van der Waals surface area contributed by atoms with Crippen LogP contribution in [-0.2, 0) is 11.2 Å². The Morgan fingerprint density at radius 2 is 1.53 bits per heavy atom. The van der Waals surface area contributed by atoms with Crippen LogP contribution in [0.25, 0.3) is 11.1 Å². The molecule has 1 N–H and O–H groups in total. The SMILES string of the molecule is O=C(OCC1c2ccccc2-c2ccccc21)N1C2CCCC1CC(O)(Cc1ccncc1)C2. The molecule has 0 spiro atoms. The van der Waals surface area contributed by atoms with Crippen molar-refractivity contribution in [1.29, 1.82) is 0 Å². The van der Waals surface area contributed by atoms with E-state index in [4.69, 9.17) is 4.74 Å². The van der Waals surface area contributed by atoms with Crippen molar-refractivity contribution in [2.45, 2.75) is 62.1 Å². The molecule has 5 heteroatoms. The molecule has 3 heterocycles. The van der Waals surface area contributed by atoms with Gasteiger partial charge in [-0.15, -0.1) is 0 Å². The van der Waals surface area contributed by atoms with Gasteiger partial charge in [-0.05, 0) is 72.1 Å². The van der Waals surface area contributed by atoms with Gasteiger partial charge in [-0.3, -0.25) is 4.98 Å². The molecule has 174 valence electrons. The van der Waals surface area contributed by atoms with Crippen molar-refractivity contribution in [3.8, 4) is 11.1 Å². The fourth-order valence-electron chi connectivity index (χ4n) is 6.52. The van der Waals surface area contributed by atoms with E-state index in [1.54, 1.807) is 12.4 Å². The molecule has 2 aromatic carbocycles. The van der Waals surface area contributed by atoms with Gasteiger partial charge in [0.15, 0.2) is 0 Å².